The van der Waals surface area contributed by atoms with Gasteiger partial charge >= 0.3 is 5.69 Å². The second kappa shape index (κ2) is 14.8. The minimum atomic E-state index is -1.97. The Hall–Kier alpha value is -2.78. The highest BCUT2D eigenvalue weighted by Gasteiger charge is 2.52. The van der Waals surface area contributed by atoms with Crippen molar-refractivity contribution < 1.29 is 39.5 Å². The third-order valence-electron chi connectivity index (χ3n) is 7.76. The van der Waals surface area contributed by atoms with E-state index in [2.05, 4.69) is 15.6 Å². The predicted molar refractivity (Wildman–Crippen MR) is 150 cm³/mol. The van der Waals surface area contributed by atoms with E-state index >= 15 is 0 Å². The first-order valence-corrected chi connectivity index (χ1v) is 14.1. The van der Waals surface area contributed by atoms with E-state index < -0.39 is 90.1 Å². The highest BCUT2D eigenvalue weighted by atomic mass is 16.6. The van der Waals surface area contributed by atoms with Crippen molar-refractivity contribution >= 4 is 11.8 Å². The van der Waals surface area contributed by atoms with Crippen molar-refractivity contribution in [1.82, 2.24) is 20.2 Å². The molecular weight excluding hydrogens is 572 g/mol. The highest BCUT2D eigenvalue weighted by molar-refractivity contribution is 5.81. The zero-order chi connectivity index (χ0) is 32.1. The molecular formula is C25H44N8O10. The van der Waals surface area contributed by atoms with Crippen LogP contribution in [0.4, 0.5) is 0 Å². The summed E-state index contributed by atoms with van der Waals surface area (Å²) >= 11 is 0. The Morgan fingerprint density at radius 1 is 1.14 bits per heavy atom. The molecule has 2 heterocycles. The standard InChI is InChI=1S/C25H44N8O10/c1-11-8-33(24(41)32-22(11)39)9-16(34)30-5-3-2-4-12(26)23(40)31-7-15-18(36)21(38)25(29,10-42-15)43-20-14(28)6-13(27)17(35)19(20)37/h8,12-15,17-21,35-38H,2-7,9-10,26-29H2,1H3,(H,30,34)(H,31,40)(H,32,39,41)/t12?,13-,14+,15-,17+,18-,19-,20-,21+,25+/m1/s1. The fourth-order valence-electron chi connectivity index (χ4n) is 5.02. The van der Waals surface area contributed by atoms with Gasteiger partial charge in [0.1, 0.15) is 37.1 Å². The summed E-state index contributed by atoms with van der Waals surface area (Å²) in [4.78, 5) is 49.9. The number of nitrogens with zero attached hydrogens (tertiary/aromatic N) is 1. The van der Waals surface area contributed by atoms with E-state index in [1.807, 2.05) is 0 Å². The monoisotopic (exact) mass is 616 g/mol. The minimum Gasteiger partial charge on any atom is -0.389 e. The van der Waals surface area contributed by atoms with Crippen molar-refractivity contribution in [3.8, 4) is 0 Å². The molecule has 0 aromatic carbocycles. The fourth-order valence-corrected chi connectivity index (χ4v) is 5.02. The lowest BCUT2D eigenvalue weighted by molar-refractivity contribution is -0.280. The molecule has 0 bridgehead atoms. The van der Waals surface area contributed by atoms with E-state index in [4.69, 9.17) is 32.4 Å². The fraction of sp³-hybridized carbons (Fsp3) is 0.760. The van der Waals surface area contributed by atoms with Crippen LogP contribution in [0.5, 0.6) is 0 Å². The van der Waals surface area contributed by atoms with Gasteiger partial charge in [-0.2, -0.15) is 0 Å². The van der Waals surface area contributed by atoms with Crippen molar-refractivity contribution in [3.05, 3.63) is 32.6 Å². The van der Waals surface area contributed by atoms with E-state index in [1.54, 1.807) is 0 Å². The maximum Gasteiger partial charge on any atom is 0.328 e. The topological polar surface area (TPSA) is 317 Å². The lowest BCUT2D eigenvalue weighted by Gasteiger charge is -2.48. The molecule has 0 radical (unpaired) electrons. The number of aliphatic hydroxyl groups is 4. The number of H-pyrrole nitrogens is 1. The molecule has 10 atom stereocenters. The Kier molecular flexibility index (Phi) is 11.9. The first-order valence-electron chi connectivity index (χ1n) is 14.1. The van der Waals surface area contributed by atoms with Gasteiger partial charge < -0.3 is 57.7 Å². The van der Waals surface area contributed by atoms with Crippen LogP contribution >= 0.6 is 0 Å². The molecule has 18 heteroatoms. The van der Waals surface area contributed by atoms with E-state index in [0.29, 0.717) is 18.4 Å². The number of carbonyl (C=O) groups excluding carboxylic acids is 2. The molecule has 18 nitrogen and oxygen atoms in total. The molecule has 1 saturated carbocycles. The summed E-state index contributed by atoms with van der Waals surface area (Å²) < 4.78 is 12.3. The Morgan fingerprint density at radius 2 is 1.84 bits per heavy atom. The molecule has 2 fully saturated rings. The van der Waals surface area contributed by atoms with Gasteiger partial charge in [-0.05, 0) is 32.6 Å². The van der Waals surface area contributed by atoms with Gasteiger partial charge in [0, 0.05) is 36.9 Å². The summed E-state index contributed by atoms with van der Waals surface area (Å²) in [6.45, 7) is 0.929. The van der Waals surface area contributed by atoms with Crippen molar-refractivity contribution in [2.45, 2.75) is 99.6 Å². The molecule has 1 unspecified atom stereocenters. The molecule has 1 aliphatic heterocycles. The zero-order valence-corrected chi connectivity index (χ0v) is 23.9. The minimum absolute atomic E-state index is 0.127. The maximum atomic E-state index is 12.5. The molecule has 1 aromatic rings. The van der Waals surface area contributed by atoms with Crippen molar-refractivity contribution in [3.63, 3.8) is 0 Å². The van der Waals surface area contributed by atoms with Gasteiger partial charge in [-0.1, -0.05) is 0 Å². The number of unbranched alkanes of at least 4 members (excludes halogenated alkanes) is 1. The summed E-state index contributed by atoms with van der Waals surface area (Å²) in [6.07, 6.45) is -5.59. The Bertz CT molecular complexity index is 1230. The molecule has 1 saturated heterocycles. The predicted octanol–water partition coefficient (Wildman–Crippen LogP) is -6.48. The number of rotatable bonds is 12. The zero-order valence-electron chi connectivity index (χ0n) is 23.9. The van der Waals surface area contributed by atoms with Crippen LogP contribution in [0.2, 0.25) is 0 Å². The van der Waals surface area contributed by atoms with E-state index in [0.717, 1.165) is 4.57 Å². The second-order valence-electron chi connectivity index (χ2n) is 11.3. The number of nitrogens with one attached hydrogen (secondary N) is 3. The number of aromatic amines is 1. The van der Waals surface area contributed by atoms with Gasteiger partial charge in [-0.15, -0.1) is 0 Å². The van der Waals surface area contributed by atoms with Gasteiger partial charge in [0.2, 0.25) is 11.8 Å². The van der Waals surface area contributed by atoms with E-state index in [-0.39, 0.29) is 32.5 Å². The summed E-state index contributed by atoms with van der Waals surface area (Å²) in [6, 6.07) is -2.46. The summed E-state index contributed by atoms with van der Waals surface area (Å²) in [5.41, 5.74) is 21.0. The number of hydrogen-bond acceptors (Lipinski definition) is 14. The smallest absolute Gasteiger partial charge is 0.328 e. The summed E-state index contributed by atoms with van der Waals surface area (Å²) in [5, 5.41) is 46.9. The second-order valence-corrected chi connectivity index (χ2v) is 11.3. The lowest BCUT2D eigenvalue weighted by Crippen LogP contribution is -2.72. The van der Waals surface area contributed by atoms with Gasteiger partial charge in [0.25, 0.3) is 5.56 Å². The van der Waals surface area contributed by atoms with Crippen LogP contribution in [0.3, 0.4) is 0 Å². The normalized spacial score (nSPS) is 33.5. The number of nitrogens with two attached hydrogens (primary N) is 4. The lowest BCUT2D eigenvalue weighted by atomic mass is 9.84. The average Bonchev–Trinajstić information content (AvgIpc) is 2.95. The quantitative estimate of drug-likeness (QED) is 0.0768. The van der Waals surface area contributed by atoms with E-state index in [9.17, 15) is 39.6 Å². The van der Waals surface area contributed by atoms with Gasteiger partial charge in [0.15, 0.2) is 5.72 Å². The van der Waals surface area contributed by atoms with Crippen molar-refractivity contribution in [1.29, 1.82) is 0 Å². The third-order valence-corrected chi connectivity index (χ3v) is 7.76. The first-order chi connectivity index (χ1) is 20.1. The molecule has 0 spiro atoms. The molecule has 3 rings (SSSR count). The van der Waals surface area contributed by atoms with Crippen LogP contribution in [0.25, 0.3) is 0 Å². The first kappa shape index (κ1) is 34.7. The maximum absolute atomic E-state index is 12.5. The number of amides is 2. The average molecular weight is 617 g/mol. The largest absolute Gasteiger partial charge is 0.389 e. The van der Waals surface area contributed by atoms with Gasteiger partial charge in [-0.3, -0.25) is 29.7 Å². The van der Waals surface area contributed by atoms with Gasteiger partial charge in [0.05, 0.1) is 18.8 Å². The number of aromatic nitrogens is 2. The van der Waals surface area contributed by atoms with Crippen molar-refractivity contribution in [2.75, 3.05) is 19.7 Å². The number of aryl methyl sites for hydroxylation is 1. The SMILES string of the molecule is Cc1cn(CC(=O)NCCCCC(N)C(=O)NC[C@H]2OC[C@](N)(O[C@H]3[C@H](O)[C@@H](O)[C@H](N)C[C@@H]3N)[C@@H](O)[C@@H]2O)c(=O)[nH]c1=O. The molecule has 244 valence electrons. The molecule has 1 aromatic heterocycles. The Morgan fingerprint density at radius 3 is 2.53 bits per heavy atom. The highest BCUT2D eigenvalue weighted by Crippen LogP contribution is 2.29. The summed E-state index contributed by atoms with van der Waals surface area (Å²) in [7, 11) is 0. The molecule has 2 aliphatic rings. The Balaban J connectivity index is 1.37. The van der Waals surface area contributed by atoms with Crippen LogP contribution < -0.4 is 44.8 Å². The molecule has 43 heavy (non-hydrogen) atoms. The number of ether oxygens (including phenoxy) is 2. The molecule has 2 amide bonds. The van der Waals surface area contributed by atoms with Crippen LogP contribution in [0.15, 0.2) is 15.8 Å². The van der Waals surface area contributed by atoms with E-state index in [1.165, 1.54) is 13.1 Å². The number of carbonyl (C=O) groups is 2. The van der Waals surface area contributed by atoms with Crippen LogP contribution in [-0.2, 0) is 25.6 Å². The molecule has 1 aliphatic carbocycles. The summed E-state index contributed by atoms with van der Waals surface area (Å²) in [5.74, 6) is -0.945. The molecule has 15 N–H and O–H groups in total. The number of aliphatic hydroxyl groups excluding tert-OH is 4. The van der Waals surface area contributed by atoms with Crippen LogP contribution in [0.1, 0.15) is 31.2 Å². The Labute approximate surface area is 246 Å². The number of hydrogen-bond donors (Lipinski definition) is 11. The third kappa shape index (κ3) is 8.66. The van der Waals surface area contributed by atoms with Crippen LogP contribution in [0, 0.1) is 6.92 Å². The van der Waals surface area contributed by atoms with Crippen LogP contribution in [-0.4, -0.2) is 122 Å². The van der Waals surface area contributed by atoms with Crippen molar-refractivity contribution in [2.24, 2.45) is 22.9 Å². The van der Waals surface area contributed by atoms with Gasteiger partial charge in [-0.25, -0.2) is 4.79 Å².